The fourth-order valence-electron chi connectivity index (χ4n) is 4.12. The van der Waals surface area contributed by atoms with Crippen LogP contribution in [0.2, 0.25) is 0 Å². The van der Waals surface area contributed by atoms with Crippen molar-refractivity contribution in [3.8, 4) is 0 Å². The lowest BCUT2D eigenvalue weighted by molar-refractivity contribution is 0.372. The number of benzene rings is 2. The van der Waals surface area contributed by atoms with E-state index in [1.54, 1.807) is 36.4 Å². The molecule has 0 saturated heterocycles. The van der Waals surface area contributed by atoms with Crippen molar-refractivity contribution in [2.45, 2.75) is 6.04 Å². The Morgan fingerprint density at radius 3 is 2.26 bits per heavy atom. The highest BCUT2D eigenvalue weighted by atomic mass is 16.4. The second-order valence-electron chi connectivity index (χ2n) is 7.40. The van der Waals surface area contributed by atoms with Crippen LogP contribution in [-0.4, -0.2) is 9.97 Å². The van der Waals surface area contributed by atoms with E-state index in [1.165, 1.54) is 0 Å². The van der Waals surface area contributed by atoms with Crippen LogP contribution >= 0.6 is 0 Å². The summed E-state index contributed by atoms with van der Waals surface area (Å²) < 4.78 is 11.1. The number of para-hydroxylation sites is 2. The molecule has 4 aromatic rings. The molecule has 0 bridgehead atoms. The predicted molar refractivity (Wildman–Crippen MR) is 115 cm³/mol. The molecule has 0 spiro atoms. The molecule has 7 nitrogen and oxygen atoms in total. The Hall–Kier alpha value is -4.26. The zero-order valence-electron chi connectivity index (χ0n) is 16.1. The van der Waals surface area contributed by atoms with Crippen LogP contribution in [0.3, 0.4) is 0 Å². The molecule has 7 heteroatoms. The second-order valence-corrected chi connectivity index (χ2v) is 7.40. The minimum atomic E-state index is -0.457. The van der Waals surface area contributed by atoms with Gasteiger partial charge >= 0.3 is 11.3 Å². The smallest absolute Gasteiger partial charge is 0.347 e. The van der Waals surface area contributed by atoms with Gasteiger partial charge < -0.3 is 14.2 Å². The molecular weight excluding hydrogens is 394 g/mol. The quantitative estimate of drug-likeness (QED) is 0.541. The van der Waals surface area contributed by atoms with Gasteiger partial charge in [-0.1, -0.05) is 48.6 Å². The summed E-state index contributed by atoms with van der Waals surface area (Å²) in [7, 11) is 0. The minimum Gasteiger partial charge on any atom is -0.406 e. The van der Waals surface area contributed by atoms with E-state index < -0.39 is 17.3 Å². The van der Waals surface area contributed by atoms with E-state index in [4.69, 9.17) is 8.83 Å². The zero-order chi connectivity index (χ0) is 20.9. The van der Waals surface area contributed by atoms with Crippen molar-refractivity contribution in [1.29, 1.82) is 0 Å². The first-order valence-corrected chi connectivity index (χ1v) is 9.85. The Bertz CT molecular complexity index is 1580. The van der Waals surface area contributed by atoms with E-state index in [0.717, 1.165) is 5.57 Å². The normalized spacial score (nSPS) is 19.7. The maximum Gasteiger partial charge on any atom is 0.347 e. The Morgan fingerprint density at radius 2 is 1.48 bits per heavy atom. The standard InChI is InChI=1S/C24H15N3O4/c28-23-15-9-3-5-11-17(15)25-21(30-23)19-13-7-1-2-8-14(13)20(27-19)22-26-18-12-6-4-10-16(18)24(29)31-22/h1-13,19,27H. The van der Waals surface area contributed by atoms with Crippen LogP contribution in [0.5, 0.6) is 0 Å². The molecular formula is C24H15N3O4. The van der Waals surface area contributed by atoms with Gasteiger partial charge in [-0.3, -0.25) is 0 Å². The van der Waals surface area contributed by atoms with Gasteiger partial charge in [0.25, 0.3) is 0 Å². The summed E-state index contributed by atoms with van der Waals surface area (Å²) >= 11 is 0. The van der Waals surface area contributed by atoms with Gasteiger partial charge in [0.2, 0.25) is 11.8 Å². The van der Waals surface area contributed by atoms with E-state index in [-0.39, 0.29) is 17.7 Å². The predicted octanol–water partition coefficient (Wildman–Crippen LogP) is 3.49. The van der Waals surface area contributed by atoms with Gasteiger partial charge in [-0.15, -0.1) is 0 Å². The molecule has 3 heterocycles. The van der Waals surface area contributed by atoms with E-state index in [0.29, 0.717) is 27.5 Å². The molecule has 6 rings (SSSR count). The van der Waals surface area contributed by atoms with Crippen molar-refractivity contribution in [3.63, 3.8) is 0 Å². The number of rotatable bonds is 2. The van der Waals surface area contributed by atoms with Crippen LogP contribution in [0.15, 0.2) is 96.8 Å². The molecule has 0 amide bonds. The number of nitrogens with one attached hydrogen (secondary N) is 1. The Kier molecular flexibility index (Phi) is 3.76. The van der Waals surface area contributed by atoms with Gasteiger partial charge in [0.1, 0.15) is 11.7 Å². The summed E-state index contributed by atoms with van der Waals surface area (Å²) in [6.45, 7) is 0. The lowest BCUT2D eigenvalue weighted by Crippen LogP contribution is -2.23. The lowest BCUT2D eigenvalue weighted by Gasteiger charge is -2.18. The fraction of sp³-hybridized carbons (Fsp3) is 0.0833. The third-order valence-electron chi connectivity index (χ3n) is 5.58. The summed E-state index contributed by atoms with van der Waals surface area (Å²) in [4.78, 5) is 34.1. The number of nitrogens with zero attached hydrogens (tertiary/aromatic N) is 2. The highest BCUT2D eigenvalue weighted by molar-refractivity contribution is 5.80. The number of aromatic nitrogens is 2. The first-order chi connectivity index (χ1) is 15.2. The minimum absolute atomic E-state index is 0.157. The lowest BCUT2D eigenvalue weighted by atomic mass is 9.90. The topological polar surface area (TPSA) is 98.2 Å². The van der Waals surface area contributed by atoms with Gasteiger partial charge in [0.15, 0.2) is 0 Å². The average molecular weight is 409 g/mol. The molecule has 31 heavy (non-hydrogen) atoms. The van der Waals surface area contributed by atoms with E-state index in [9.17, 15) is 9.59 Å². The van der Waals surface area contributed by atoms with Crippen molar-refractivity contribution in [1.82, 2.24) is 15.3 Å². The third kappa shape index (κ3) is 2.74. The van der Waals surface area contributed by atoms with Gasteiger partial charge in [0, 0.05) is 5.92 Å². The summed E-state index contributed by atoms with van der Waals surface area (Å²) in [6.07, 6.45) is 7.76. The first kappa shape index (κ1) is 17.6. The largest absolute Gasteiger partial charge is 0.406 e. The Labute approximate surface area is 175 Å². The molecule has 0 radical (unpaired) electrons. The third-order valence-corrected chi connectivity index (χ3v) is 5.58. The highest BCUT2D eigenvalue weighted by Crippen LogP contribution is 2.41. The Balaban J connectivity index is 1.50. The fourth-order valence-corrected chi connectivity index (χ4v) is 4.12. The molecule has 2 atom stereocenters. The summed E-state index contributed by atoms with van der Waals surface area (Å²) in [5, 5.41) is 4.19. The summed E-state index contributed by atoms with van der Waals surface area (Å²) in [5.41, 5.74) is 1.68. The summed E-state index contributed by atoms with van der Waals surface area (Å²) in [5.74, 6) is 0.300. The molecule has 2 aliphatic rings. The molecule has 2 aromatic carbocycles. The van der Waals surface area contributed by atoms with E-state index in [1.807, 2.05) is 36.4 Å². The van der Waals surface area contributed by atoms with E-state index >= 15 is 0 Å². The molecule has 0 saturated carbocycles. The molecule has 2 unspecified atom stereocenters. The van der Waals surface area contributed by atoms with Crippen LogP contribution in [0.1, 0.15) is 17.8 Å². The molecule has 2 aromatic heterocycles. The van der Waals surface area contributed by atoms with Crippen molar-refractivity contribution in [2.24, 2.45) is 5.92 Å². The van der Waals surface area contributed by atoms with Gasteiger partial charge in [-0.2, -0.15) is 0 Å². The number of hydrogen-bond donors (Lipinski definition) is 1. The van der Waals surface area contributed by atoms with Crippen molar-refractivity contribution >= 4 is 27.5 Å². The first-order valence-electron chi connectivity index (χ1n) is 9.85. The Morgan fingerprint density at radius 1 is 0.806 bits per heavy atom. The highest BCUT2D eigenvalue weighted by Gasteiger charge is 2.38. The van der Waals surface area contributed by atoms with Crippen molar-refractivity contribution in [2.75, 3.05) is 0 Å². The van der Waals surface area contributed by atoms with Crippen LogP contribution in [0.25, 0.3) is 27.5 Å². The van der Waals surface area contributed by atoms with E-state index in [2.05, 4.69) is 15.3 Å². The van der Waals surface area contributed by atoms with Crippen LogP contribution in [0.4, 0.5) is 0 Å². The molecule has 150 valence electrons. The number of allylic oxidation sites excluding steroid dienone is 3. The van der Waals surface area contributed by atoms with Crippen LogP contribution in [-0.2, 0) is 0 Å². The SMILES string of the molecule is O=c1oc(C2=C3C=CC=CC3C(c3nc4ccccc4c(=O)o3)N2)nc2ccccc12. The van der Waals surface area contributed by atoms with Gasteiger partial charge in [0.05, 0.1) is 21.8 Å². The molecule has 1 aliphatic carbocycles. The molecule has 0 fully saturated rings. The van der Waals surface area contributed by atoms with Crippen LogP contribution in [0, 0.1) is 5.92 Å². The zero-order valence-corrected chi connectivity index (χ0v) is 16.1. The van der Waals surface area contributed by atoms with Crippen molar-refractivity contribution in [3.05, 3.63) is 111 Å². The van der Waals surface area contributed by atoms with Crippen molar-refractivity contribution < 1.29 is 8.83 Å². The molecule has 1 aliphatic heterocycles. The van der Waals surface area contributed by atoms with Gasteiger partial charge in [-0.25, -0.2) is 19.6 Å². The van der Waals surface area contributed by atoms with Crippen LogP contribution < -0.4 is 16.6 Å². The second kappa shape index (κ2) is 6.63. The molecule has 1 N–H and O–H groups in total. The summed E-state index contributed by atoms with van der Waals surface area (Å²) in [6, 6.07) is 13.7. The maximum absolute atomic E-state index is 12.5. The maximum atomic E-state index is 12.5. The number of hydrogen-bond acceptors (Lipinski definition) is 7. The monoisotopic (exact) mass is 409 g/mol. The van der Waals surface area contributed by atoms with Gasteiger partial charge in [-0.05, 0) is 29.8 Å². The average Bonchev–Trinajstić information content (AvgIpc) is 3.19. The number of fused-ring (bicyclic) bond motifs is 3.